The van der Waals surface area contributed by atoms with Crippen molar-refractivity contribution in [2.45, 2.75) is 23.1 Å². The summed E-state index contributed by atoms with van der Waals surface area (Å²) >= 11 is 2.49. The van der Waals surface area contributed by atoms with Crippen molar-refractivity contribution in [3.8, 4) is 0 Å². The normalized spacial score (nSPS) is 10.4. The Kier molecular flexibility index (Phi) is 7.33. The van der Waals surface area contributed by atoms with Crippen LogP contribution in [0.1, 0.15) is 33.3 Å². The first-order valence-electron chi connectivity index (χ1n) is 9.20. The van der Waals surface area contributed by atoms with Crippen LogP contribution in [-0.4, -0.2) is 34.2 Å². The number of Topliss-reactive ketones (excluding diaryl/α,β-unsaturated/α-hetero) is 1. The maximum atomic E-state index is 12.3. The van der Waals surface area contributed by atoms with Gasteiger partial charge in [-0.25, -0.2) is 9.78 Å². The molecule has 1 amide bonds. The topological polar surface area (TPSA) is 128 Å². The molecule has 0 aliphatic carbocycles. The lowest BCUT2D eigenvalue weighted by atomic mass is 10.1. The third kappa shape index (κ3) is 5.77. The number of thiazole rings is 1. The monoisotopic (exact) mass is 471 g/mol. The summed E-state index contributed by atoms with van der Waals surface area (Å²) in [6.45, 7) is 2.58. The molecule has 9 nitrogen and oxygen atoms in total. The highest BCUT2D eigenvalue weighted by molar-refractivity contribution is 8.01. The zero-order valence-corrected chi connectivity index (χ0v) is 18.6. The first-order chi connectivity index (χ1) is 15.2. The number of amides is 1. The molecule has 0 unspecified atom stereocenters. The van der Waals surface area contributed by atoms with E-state index in [1.165, 1.54) is 30.4 Å². The van der Waals surface area contributed by atoms with Crippen LogP contribution in [0.3, 0.4) is 0 Å². The van der Waals surface area contributed by atoms with Gasteiger partial charge in [0.15, 0.2) is 16.7 Å². The summed E-state index contributed by atoms with van der Waals surface area (Å²) in [5.74, 6) is -1.76. The minimum absolute atomic E-state index is 0.0618. The van der Waals surface area contributed by atoms with Crippen LogP contribution in [0.25, 0.3) is 0 Å². The molecule has 0 aliphatic heterocycles. The van der Waals surface area contributed by atoms with E-state index in [1.54, 1.807) is 24.3 Å². The fraction of sp³-hybridized carbons (Fsp3) is 0.143. The number of aromatic nitrogens is 1. The largest absolute Gasteiger partial charge is 0.452 e. The SMILES string of the molecule is CC(=O)c1ccccc1NC(=O)COC(=O)c1ccc(Sc2nc(C)cs2)c([N+](=O)[O-])c1. The van der Waals surface area contributed by atoms with E-state index in [4.69, 9.17) is 4.74 Å². The average molecular weight is 472 g/mol. The Morgan fingerprint density at radius 3 is 2.62 bits per heavy atom. The highest BCUT2D eigenvalue weighted by Gasteiger charge is 2.21. The number of ether oxygens (including phenoxy) is 1. The van der Waals surface area contributed by atoms with Crippen LogP contribution in [0.5, 0.6) is 0 Å². The Morgan fingerprint density at radius 2 is 1.97 bits per heavy atom. The molecule has 1 aromatic heterocycles. The molecule has 3 aromatic rings. The van der Waals surface area contributed by atoms with E-state index in [-0.39, 0.29) is 17.0 Å². The maximum absolute atomic E-state index is 12.3. The molecule has 0 atom stereocenters. The fourth-order valence-corrected chi connectivity index (χ4v) is 4.53. The molecule has 11 heteroatoms. The Hall–Kier alpha value is -3.57. The summed E-state index contributed by atoms with van der Waals surface area (Å²) < 4.78 is 5.63. The molecule has 1 heterocycles. The summed E-state index contributed by atoms with van der Waals surface area (Å²) in [5.41, 5.74) is 1.11. The minimum atomic E-state index is -0.884. The van der Waals surface area contributed by atoms with Crippen LogP contribution >= 0.6 is 23.1 Å². The summed E-state index contributed by atoms with van der Waals surface area (Å²) in [4.78, 5) is 51.6. The Balaban J connectivity index is 1.67. The lowest BCUT2D eigenvalue weighted by Gasteiger charge is -2.10. The minimum Gasteiger partial charge on any atom is -0.452 e. The van der Waals surface area contributed by atoms with Crippen molar-refractivity contribution in [1.82, 2.24) is 4.98 Å². The van der Waals surface area contributed by atoms with Gasteiger partial charge in [0.25, 0.3) is 11.6 Å². The van der Waals surface area contributed by atoms with Crippen molar-refractivity contribution in [2.24, 2.45) is 0 Å². The Morgan fingerprint density at radius 1 is 1.22 bits per heavy atom. The lowest BCUT2D eigenvalue weighted by Crippen LogP contribution is -2.22. The molecule has 2 aromatic carbocycles. The molecule has 0 bridgehead atoms. The van der Waals surface area contributed by atoms with E-state index in [0.29, 0.717) is 20.5 Å². The maximum Gasteiger partial charge on any atom is 0.338 e. The molecule has 3 rings (SSSR count). The van der Waals surface area contributed by atoms with E-state index in [1.807, 2.05) is 12.3 Å². The van der Waals surface area contributed by atoms with E-state index in [0.717, 1.165) is 23.5 Å². The lowest BCUT2D eigenvalue weighted by molar-refractivity contribution is -0.387. The van der Waals surface area contributed by atoms with Crippen LogP contribution in [0.15, 0.2) is 57.1 Å². The number of rotatable bonds is 8. The second-order valence-corrected chi connectivity index (χ2v) is 8.67. The zero-order valence-electron chi connectivity index (χ0n) is 17.0. The van der Waals surface area contributed by atoms with E-state index >= 15 is 0 Å². The molecular formula is C21H17N3O6S2. The average Bonchev–Trinajstić information content (AvgIpc) is 3.17. The van der Waals surface area contributed by atoms with Crippen molar-refractivity contribution < 1.29 is 24.0 Å². The number of carbonyl (C=O) groups excluding carboxylic acids is 3. The zero-order chi connectivity index (χ0) is 23.3. The predicted molar refractivity (Wildman–Crippen MR) is 119 cm³/mol. The summed E-state index contributed by atoms with van der Waals surface area (Å²) in [6, 6.07) is 10.4. The van der Waals surface area contributed by atoms with Gasteiger partial charge in [-0.15, -0.1) is 11.3 Å². The number of nitrogens with zero attached hydrogens (tertiary/aromatic N) is 2. The number of benzene rings is 2. The number of ketones is 1. The van der Waals surface area contributed by atoms with Crippen molar-refractivity contribution in [1.29, 1.82) is 0 Å². The number of hydrogen-bond acceptors (Lipinski definition) is 9. The van der Waals surface area contributed by atoms with Crippen molar-refractivity contribution in [3.05, 3.63) is 74.8 Å². The van der Waals surface area contributed by atoms with Gasteiger partial charge < -0.3 is 10.1 Å². The Bertz CT molecular complexity index is 1210. The molecule has 0 saturated heterocycles. The Labute approximate surface area is 191 Å². The molecular weight excluding hydrogens is 454 g/mol. The number of anilines is 1. The van der Waals surface area contributed by atoms with Gasteiger partial charge in [0, 0.05) is 22.7 Å². The van der Waals surface area contributed by atoms with Gasteiger partial charge in [0.2, 0.25) is 0 Å². The number of hydrogen-bond donors (Lipinski definition) is 1. The summed E-state index contributed by atoms with van der Waals surface area (Å²) in [5, 5.41) is 15.8. The second-order valence-electron chi connectivity index (χ2n) is 6.52. The van der Waals surface area contributed by atoms with Gasteiger partial charge >= 0.3 is 5.97 Å². The number of para-hydroxylation sites is 1. The number of nitro groups is 1. The molecule has 1 N–H and O–H groups in total. The molecule has 0 fully saturated rings. The van der Waals surface area contributed by atoms with E-state index < -0.39 is 23.4 Å². The molecule has 0 radical (unpaired) electrons. The first-order valence-corrected chi connectivity index (χ1v) is 10.9. The van der Waals surface area contributed by atoms with Gasteiger partial charge in [0.1, 0.15) is 0 Å². The van der Waals surface area contributed by atoms with Crippen molar-refractivity contribution in [2.75, 3.05) is 11.9 Å². The quantitative estimate of drug-likeness (QED) is 0.220. The number of aryl methyl sites for hydroxylation is 1. The number of nitrogens with one attached hydrogen (secondary N) is 1. The van der Waals surface area contributed by atoms with Crippen LogP contribution < -0.4 is 5.32 Å². The van der Waals surface area contributed by atoms with Crippen LogP contribution in [0, 0.1) is 17.0 Å². The summed E-state index contributed by atoms with van der Waals surface area (Å²) in [6.07, 6.45) is 0. The van der Waals surface area contributed by atoms with E-state index in [9.17, 15) is 24.5 Å². The van der Waals surface area contributed by atoms with Gasteiger partial charge in [-0.3, -0.25) is 19.7 Å². The fourth-order valence-electron chi connectivity index (χ4n) is 2.65. The molecule has 0 spiro atoms. The van der Waals surface area contributed by atoms with Crippen LogP contribution in [0.2, 0.25) is 0 Å². The first kappa shape index (κ1) is 23.1. The molecule has 32 heavy (non-hydrogen) atoms. The van der Waals surface area contributed by atoms with Crippen LogP contribution in [0.4, 0.5) is 11.4 Å². The molecule has 0 saturated carbocycles. The van der Waals surface area contributed by atoms with Gasteiger partial charge in [0.05, 0.1) is 21.1 Å². The molecule has 164 valence electrons. The smallest absolute Gasteiger partial charge is 0.338 e. The standard InChI is InChI=1S/C21H17N3O6S2/c1-12-11-31-21(22-12)32-18-8-7-14(9-17(18)24(28)29)20(27)30-10-19(26)23-16-6-4-3-5-15(16)13(2)25/h3-9,11H,10H2,1-2H3,(H,23,26). The number of esters is 1. The number of carbonyl (C=O) groups is 3. The van der Waals surface area contributed by atoms with Gasteiger partial charge in [-0.2, -0.15) is 0 Å². The van der Waals surface area contributed by atoms with Crippen molar-refractivity contribution >= 4 is 52.1 Å². The number of nitro benzene ring substituents is 1. The third-order valence-corrected chi connectivity index (χ3v) is 6.22. The van der Waals surface area contributed by atoms with Crippen LogP contribution in [-0.2, 0) is 9.53 Å². The molecule has 0 aliphatic rings. The second kappa shape index (κ2) is 10.2. The summed E-state index contributed by atoms with van der Waals surface area (Å²) in [7, 11) is 0. The van der Waals surface area contributed by atoms with E-state index in [2.05, 4.69) is 10.3 Å². The predicted octanol–water partition coefficient (Wildman–Crippen LogP) is 4.51. The third-order valence-electron chi connectivity index (χ3n) is 4.10. The van der Waals surface area contributed by atoms with Crippen molar-refractivity contribution in [3.63, 3.8) is 0 Å². The van der Waals surface area contributed by atoms with Gasteiger partial charge in [-0.05, 0) is 38.1 Å². The highest BCUT2D eigenvalue weighted by Crippen LogP contribution is 2.36. The van der Waals surface area contributed by atoms with Gasteiger partial charge in [-0.1, -0.05) is 23.9 Å². The highest BCUT2D eigenvalue weighted by atomic mass is 32.2.